The van der Waals surface area contributed by atoms with Crippen LogP contribution in [0.25, 0.3) is 6.08 Å². The van der Waals surface area contributed by atoms with Gasteiger partial charge in [-0.15, -0.1) is 0 Å². The monoisotopic (exact) mass is 698 g/mol. The van der Waals surface area contributed by atoms with Crippen molar-refractivity contribution in [3.8, 4) is 5.75 Å². The number of aryl methyl sites for hydroxylation is 1. The van der Waals surface area contributed by atoms with Crippen LogP contribution >= 0.6 is 56.8 Å². The van der Waals surface area contributed by atoms with Gasteiger partial charge in [0.15, 0.2) is 0 Å². The minimum absolute atomic E-state index is 0.144. The van der Waals surface area contributed by atoms with Crippen LogP contribution in [0.2, 0.25) is 5.02 Å². The Labute approximate surface area is 228 Å². The molecule has 0 atom stereocenters. The fourth-order valence-electron chi connectivity index (χ4n) is 3.29. The Bertz CT molecular complexity index is 1300. The fraction of sp³-hybridized carbons (Fsp3) is 0.0800. The first-order valence-electron chi connectivity index (χ1n) is 10.1. The number of benzene rings is 3. The van der Waals surface area contributed by atoms with Gasteiger partial charge in [0.2, 0.25) is 0 Å². The molecule has 0 saturated carbocycles. The first-order valence-corrected chi connectivity index (χ1v) is 12.6. The Hall–Kier alpha value is -2.44. The topological polar surface area (TPSA) is 75.7 Å². The molecule has 4 rings (SSSR count). The number of rotatable bonds is 5. The second kappa shape index (κ2) is 10.4. The maximum absolute atomic E-state index is 13.1. The van der Waals surface area contributed by atoms with Crippen molar-refractivity contribution in [3.63, 3.8) is 0 Å². The van der Waals surface area contributed by atoms with E-state index in [2.05, 4.69) is 50.5 Å². The predicted octanol–water partition coefficient (Wildman–Crippen LogP) is 6.10. The average Bonchev–Trinajstić information content (AvgIpc) is 2.78. The number of carbonyl (C=O) groups excluding carboxylic acids is 3. The van der Waals surface area contributed by atoms with E-state index in [0.717, 1.165) is 23.4 Å². The highest BCUT2D eigenvalue weighted by Gasteiger charge is 2.36. The Morgan fingerprint density at radius 3 is 2.21 bits per heavy atom. The normalized spacial score (nSPS) is 15.0. The molecule has 1 aliphatic heterocycles. The number of ether oxygens (including phenoxy) is 1. The SMILES string of the molecule is Cc1ccc(COc2c(I)cc(/C=C3\C(=O)NC(=O)N(c4ccc(Cl)cc4)C3=O)cc2I)cc1. The fourth-order valence-corrected chi connectivity index (χ4v) is 5.54. The van der Waals surface area contributed by atoms with Gasteiger partial charge >= 0.3 is 6.03 Å². The molecule has 6 nitrogen and oxygen atoms in total. The van der Waals surface area contributed by atoms with E-state index in [1.54, 1.807) is 24.3 Å². The molecular weight excluding hydrogens is 682 g/mol. The Morgan fingerprint density at radius 1 is 0.971 bits per heavy atom. The molecule has 172 valence electrons. The summed E-state index contributed by atoms with van der Waals surface area (Å²) in [5, 5.41) is 2.69. The zero-order chi connectivity index (χ0) is 24.4. The van der Waals surface area contributed by atoms with Gasteiger partial charge in [0.05, 0.1) is 12.8 Å². The van der Waals surface area contributed by atoms with Gasteiger partial charge in [0.25, 0.3) is 11.8 Å². The first-order chi connectivity index (χ1) is 16.2. The lowest BCUT2D eigenvalue weighted by atomic mass is 10.1. The summed E-state index contributed by atoms with van der Waals surface area (Å²) in [6, 6.07) is 17.2. The van der Waals surface area contributed by atoms with Crippen molar-refractivity contribution in [2.75, 3.05) is 4.90 Å². The van der Waals surface area contributed by atoms with E-state index in [9.17, 15) is 14.4 Å². The number of nitrogens with zero attached hydrogens (tertiary/aromatic N) is 1. The van der Waals surface area contributed by atoms with E-state index in [1.807, 2.05) is 43.3 Å². The zero-order valence-corrected chi connectivity index (χ0v) is 22.8. The van der Waals surface area contributed by atoms with Crippen molar-refractivity contribution >= 4 is 86.4 Å². The molecule has 3 aromatic carbocycles. The molecule has 1 saturated heterocycles. The van der Waals surface area contributed by atoms with Gasteiger partial charge < -0.3 is 4.74 Å². The van der Waals surface area contributed by atoms with Crippen LogP contribution in [0, 0.1) is 14.1 Å². The molecule has 0 aromatic heterocycles. The Kier molecular flexibility index (Phi) is 7.58. The van der Waals surface area contributed by atoms with Crippen molar-refractivity contribution < 1.29 is 19.1 Å². The number of imide groups is 2. The van der Waals surface area contributed by atoms with Gasteiger partial charge in [-0.05, 0) is 106 Å². The third-order valence-electron chi connectivity index (χ3n) is 5.02. The molecule has 1 fully saturated rings. The van der Waals surface area contributed by atoms with Crippen molar-refractivity contribution in [2.45, 2.75) is 13.5 Å². The van der Waals surface area contributed by atoms with Crippen molar-refractivity contribution in [1.82, 2.24) is 5.32 Å². The predicted molar refractivity (Wildman–Crippen MR) is 148 cm³/mol. The van der Waals surface area contributed by atoms with Crippen LogP contribution in [-0.2, 0) is 16.2 Å². The minimum Gasteiger partial charge on any atom is -0.487 e. The summed E-state index contributed by atoms with van der Waals surface area (Å²) in [4.78, 5) is 38.8. The number of carbonyl (C=O) groups is 3. The highest BCUT2D eigenvalue weighted by atomic mass is 127. The van der Waals surface area contributed by atoms with Crippen LogP contribution in [0.5, 0.6) is 5.75 Å². The highest BCUT2D eigenvalue weighted by molar-refractivity contribution is 14.1. The Morgan fingerprint density at radius 2 is 1.59 bits per heavy atom. The summed E-state index contributed by atoms with van der Waals surface area (Å²) < 4.78 is 7.70. The molecule has 0 bridgehead atoms. The lowest BCUT2D eigenvalue weighted by molar-refractivity contribution is -0.122. The van der Waals surface area contributed by atoms with Gasteiger partial charge in [-0.25, -0.2) is 9.69 Å². The van der Waals surface area contributed by atoms with E-state index < -0.39 is 17.8 Å². The quantitative estimate of drug-likeness (QED) is 0.199. The van der Waals surface area contributed by atoms with Crippen LogP contribution in [-0.4, -0.2) is 17.8 Å². The third kappa shape index (κ3) is 5.44. The third-order valence-corrected chi connectivity index (χ3v) is 6.88. The largest absolute Gasteiger partial charge is 0.487 e. The number of hydrogen-bond donors (Lipinski definition) is 1. The average molecular weight is 699 g/mol. The van der Waals surface area contributed by atoms with E-state index in [1.165, 1.54) is 11.6 Å². The minimum atomic E-state index is -0.807. The van der Waals surface area contributed by atoms with E-state index in [4.69, 9.17) is 16.3 Å². The summed E-state index contributed by atoms with van der Waals surface area (Å²) in [7, 11) is 0. The summed E-state index contributed by atoms with van der Waals surface area (Å²) in [6.07, 6.45) is 1.47. The maximum Gasteiger partial charge on any atom is 0.335 e. The molecule has 1 N–H and O–H groups in total. The Balaban J connectivity index is 1.60. The standard InChI is InChI=1S/C25H17ClI2N2O4/c1-14-2-4-15(5-3-14)13-34-22-20(27)11-16(12-21(22)28)10-19-23(31)29-25(33)30(24(19)32)18-8-6-17(26)7-9-18/h2-12H,13H2,1H3,(H,29,31,33)/b19-10+. The van der Waals surface area contributed by atoms with Crippen molar-refractivity contribution in [1.29, 1.82) is 0 Å². The second-order valence-electron chi connectivity index (χ2n) is 7.52. The van der Waals surface area contributed by atoms with Crippen LogP contribution < -0.4 is 15.0 Å². The van der Waals surface area contributed by atoms with Gasteiger partial charge in [-0.2, -0.15) is 0 Å². The second-order valence-corrected chi connectivity index (χ2v) is 10.3. The van der Waals surface area contributed by atoms with Gasteiger partial charge in [0.1, 0.15) is 17.9 Å². The maximum atomic E-state index is 13.1. The van der Waals surface area contributed by atoms with Crippen molar-refractivity contribution in [3.05, 3.63) is 95.1 Å². The van der Waals surface area contributed by atoms with Crippen LogP contribution in [0.1, 0.15) is 16.7 Å². The molecule has 34 heavy (non-hydrogen) atoms. The molecular formula is C25H17ClI2N2O4. The number of hydrogen-bond acceptors (Lipinski definition) is 4. The van der Waals surface area contributed by atoms with Crippen LogP contribution in [0.15, 0.2) is 66.2 Å². The van der Waals surface area contributed by atoms with Crippen molar-refractivity contribution in [2.24, 2.45) is 0 Å². The number of anilines is 1. The number of halogens is 3. The van der Waals surface area contributed by atoms with Gasteiger partial charge in [-0.1, -0.05) is 41.4 Å². The number of amides is 4. The first kappa shape index (κ1) is 24.7. The van der Waals surface area contributed by atoms with Gasteiger partial charge in [0, 0.05) is 5.02 Å². The number of nitrogens with one attached hydrogen (secondary N) is 1. The molecule has 3 aromatic rings. The summed E-state index contributed by atoms with van der Waals surface area (Å²) >= 11 is 10.2. The van der Waals surface area contributed by atoms with E-state index in [0.29, 0.717) is 22.9 Å². The molecule has 4 amide bonds. The molecule has 0 aliphatic carbocycles. The smallest absolute Gasteiger partial charge is 0.335 e. The summed E-state index contributed by atoms with van der Waals surface area (Å²) in [5.41, 5.74) is 3.05. The lowest BCUT2D eigenvalue weighted by Crippen LogP contribution is -2.54. The molecule has 0 unspecified atom stereocenters. The molecule has 1 aliphatic rings. The zero-order valence-electron chi connectivity index (χ0n) is 17.8. The number of urea groups is 1. The van der Waals surface area contributed by atoms with Crippen LogP contribution in [0.4, 0.5) is 10.5 Å². The van der Waals surface area contributed by atoms with Crippen LogP contribution in [0.3, 0.4) is 0 Å². The van der Waals surface area contributed by atoms with E-state index in [-0.39, 0.29) is 5.57 Å². The number of barbiturate groups is 1. The molecule has 0 radical (unpaired) electrons. The molecule has 9 heteroatoms. The lowest BCUT2D eigenvalue weighted by Gasteiger charge is -2.26. The molecule has 0 spiro atoms. The highest BCUT2D eigenvalue weighted by Crippen LogP contribution is 2.31. The summed E-state index contributed by atoms with van der Waals surface area (Å²) in [5.74, 6) is -0.730. The van der Waals surface area contributed by atoms with Gasteiger partial charge in [-0.3, -0.25) is 14.9 Å². The summed E-state index contributed by atoms with van der Waals surface area (Å²) in [6.45, 7) is 2.46. The molecule has 1 heterocycles. The van der Waals surface area contributed by atoms with E-state index >= 15 is 0 Å².